The van der Waals surface area contributed by atoms with E-state index in [0.717, 1.165) is 6.20 Å². The van der Waals surface area contributed by atoms with Gasteiger partial charge in [-0.25, -0.2) is 9.55 Å². The van der Waals surface area contributed by atoms with Gasteiger partial charge < -0.3 is 19.6 Å². The Bertz CT molecular complexity index is 530. The lowest BCUT2D eigenvalue weighted by Crippen LogP contribution is -2.19. The molecule has 22 heavy (non-hydrogen) atoms. The van der Waals surface area contributed by atoms with Crippen LogP contribution in [0.3, 0.4) is 0 Å². The monoisotopic (exact) mass is 325 g/mol. The van der Waals surface area contributed by atoms with Crippen molar-refractivity contribution in [2.24, 2.45) is 0 Å². The maximum Gasteiger partial charge on any atom is 0.411 e. The Hall–Kier alpha value is -2.17. The third-order valence-electron chi connectivity index (χ3n) is 2.52. The van der Waals surface area contributed by atoms with Crippen molar-refractivity contribution in [1.82, 2.24) is 9.55 Å². The zero-order chi connectivity index (χ0) is 16.8. The van der Waals surface area contributed by atoms with Gasteiger partial charge >= 0.3 is 18.0 Å². The first-order valence-electron chi connectivity index (χ1n) is 6.17. The van der Waals surface area contributed by atoms with Crippen LogP contribution < -0.4 is 0 Å². The van der Waals surface area contributed by atoms with E-state index in [4.69, 9.17) is 4.74 Å². The minimum absolute atomic E-state index is 0.0251. The first kappa shape index (κ1) is 17.9. The summed E-state index contributed by atoms with van der Waals surface area (Å²) in [5, 5.41) is 10.7. The molecule has 0 aliphatic heterocycles. The van der Waals surface area contributed by atoms with Crippen molar-refractivity contribution in [2.75, 3.05) is 19.8 Å². The van der Waals surface area contributed by atoms with Crippen molar-refractivity contribution in [2.45, 2.75) is 26.1 Å². The van der Waals surface area contributed by atoms with Crippen LogP contribution in [0.5, 0.6) is 0 Å². The van der Waals surface area contributed by atoms with Crippen molar-refractivity contribution >= 4 is 11.8 Å². The van der Waals surface area contributed by atoms with E-state index >= 15 is 0 Å². The molecule has 0 aliphatic rings. The Kier molecular flexibility index (Phi) is 6.28. The SMILES string of the molecule is Cc1ncc([N+](=O)[O-])n1CCOC(=O)CCOCC(F)(F)F. The molecule has 11 heteroatoms. The summed E-state index contributed by atoms with van der Waals surface area (Å²) in [6, 6.07) is 0. The van der Waals surface area contributed by atoms with Gasteiger partial charge in [-0.15, -0.1) is 0 Å². The third kappa shape index (κ3) is 6.08. The standard InChI is InChI=1S/C11H14F3N3O5/c1-8-15-6-9(17(19)20)16(8)3-5-22-10(18)2-4-21-7-11(12,13)14/h6H,2-5,7H2,1H3. The number of carbonyl (C=O) groups excluding carboxylic acids is 1. The molecule has 1 heterocycles. The molecule has 0 fully saturated rings. The molecular weight excluding hydrogens is 311 g/mol. The van der Waals surface area contributed by atoms with Gasteiger partial charge in [-0.1, -0.05) is 0 Å². The zero-order valence-corrected chi connectivity index (χ0v) is 11.6. The third-order valence-corrected chi connectivity index (χ3v) is 2.52. The molecule has 0 amide bonds. The van der Waals surface area contributed by atoms with Crippen LogP contribution in [0.1, 0.15) is 12.2 Å². The summed E-state index contributed by atoms with van der Waals surface area (Å²) in [5.74, 6) is -0.596. The van der Waals surface area contributed by atoms with Crippen molar-refractivity contribution in [3.05, 3.63) is 22.1 Å². The van der Waals surface area contributed by atoms with Gasteiger partial charge in [0.1, 0.15) is 26.0 Å². The van der Waals surface area contributed by atoms with E-state index in [0.29, 0.717) is 5.82 Å². The fraction of sp³-hybridized carbons (Fsp3) is 0.636. The molecule has 0 radical (unpaired) electrons. The number of rotatable bonds is 8. The quantitative estimate of drug-likeness (QED) is 0.312. The predicted octanol–water partition coefficient (Wildman–Crippen LogP) is 1.61. The fourth-order valence-electron chi connectivity index (χ4n) is 1.54. The summed E-state index contributed by atoms with van der Waals surface area (Å²) < 4.78 is 45.6. The van der Waals surface area contributed by atoms with Crippen LogP contribution in [0.25, 0.3) is 0 Å². The van der Waals surface area contributed by atoms with Crippen LogP contribution in [0.2, 0.25) is 0 Å². The highest BCUT2D eigenvalue weighted by Crippen LogP contribution is 2.15. The normalized spacial score (nSPS) is 11.5. The molecule has 124 valence electrons. The first-order valence-corrected chi connectivity index (χ1v) is 6.17. The number of nitro groups is 1. The number of esters is 1. The number of carbonyl (C=O) groups is 1. The predicted molar refractivity (Wildman–Crippen MR) is 66.1 cm³/mol. The van der Waals surface area contributed by atoms with Crippen LogP contribution in [-0.4, -0.2) is 46.4 Å². The van der Waals surface area contributed by atoms with Crippen LogP contribution in [0.4, 0.5) is 19.0 Å². The Balaban J connectivity index is 2.28. The molecule has 0 aromatic carbocycles. The maximum absolute atomic E-state index is 11.8. The highest BCUT2D eigenvalue weighted by atomic mass is 19.4. The van der Waals surface area contributed by atoms with E-state index in [2.05, 4.69) is 9.72 Å². The molecule has 0 aliphatic carbocycles. The number of imidazole rings is 1. The van der Waals surface area contributed by atoms with Crippen LogP contribution in [0, 0.1) is 17.0 Å². The molecule has 0 unspecified atom stereocenters. The lowest BCUT2D eigenvalue weighted by Gasteiger charge is -2.08. The molecule has 0 bridgehead atoms. The van der Waals surface area contributed by atoms with Gasteiger partial charge in [0.2, 0.25) is 0 Å². The largest absolute Gasteiger partial charge is 0.461 e. The van der Waals surface area contributed by atoms with Crippen molar-refractivity contribution in [3.8, 4) is 0 Å². The second-order valence-electron chi connectivity index (χ2n) is 4.21. The molecule has 1 rings (SSSR count). The number of hydrogen-bond donors (Lipinski definition) is 0. The van der Waals surface area contributed by atoms with Crippen molar-refractivity contribution in [3.63, 3.8) is 0 Å². The first-order chi connectivity index (χ1) is 10.2. The number of nitrogens with zero attached hydrogens (tertiary/aromatic N) is 3. The minimum Gasteiger partial charge on any atom is -0.461 e. The summed E-state index contributed by atoms with van der Waals surface area (Å²) in [5.41, 5.74) is 0. The Morgan fingerprint density at radius 1 is 1.45 bits per heavy atom. The summed E-state index contributed by atoms with van der Waals surface area (Å²) in [6.45, 7) is -0.420. The van der Waals surface area contributed by atoms with E-state index < -0.39 is 30.3 Å². The highest BCUT2D eigenvalue weighted by molar-refractivity contribution is 5.69. The number of aromatic nitrogens is 2. The Morgan fingerprint density at radius 3 is 2.73 bits per heavy atom. The number of halogens is 3. The van der Waals surface area contributed by atoms with Gasteiger partial charge in [0.15, 0.2) is 5.82 Å². The Morgan fingerprint density at radius 2 is 2.14 bits per heavy atom. The lowest BCUT2D eigenvalue weighted by molar-refractivity contribution is -0.392. The van der Waals surface area contributed by atoms with Crippen molar-refractivity contribution in [1.29, 1.82) is 0 Å². The summed E-state index contributed by atoms with van der Waals surface area (Å²) in [6.07, 6.45) is -3.69. The number of hydrogen-bond acceptors (Lipinski definition) is 6. The zero-order valence-electron chi connectivity index (χ0n) is 11.6. The van der Waals surface area contributed by atoms with Gasteiger partial charge in [-0.05, 0) is 4.92 Å². The van der Waals surface area contributed by atoms with Gasteiger partial charge in [0.25, 0.3) is 0 Å². The van der Waals surface area contributed by atoms with Crippen LogP contribution in [-0.2, 0) is 20.8 Å². The van der Waals surface area contributed by atoms with E-state index in [1.807, 2.05) is 0 Å². The maximum atomic E-state index is 11.8. The smallest absolute Gasteiger partial charge is 0.411 e. The molecule has 0 N–H and O–H groups in total. The average molecular weight is 325 g/mol. The van der Waals surface area contributed by atoms with E-state index in [1.165, 1.54) is 4.57 Å². The molecule has 1 aromatic rings. The van der Waals surface area contributed by atoms with Crippen LogP contribution >= 0.6 is 0 Å². The second-order valence-corrected chi connectivity index (χ2v) is 4.21. The molecule has 0 saturated heterocycles. The molecule has 0 spiro atoms. The fourth-order valence-corrected chi connectivity index (χ4v) is 1.54. The highest BCUT2D eigenvalue weighted by Gasteiger charge is 2.27. The van der Waals surface area contributed by atoms with Crippen molar-refractivity contribution < 1.29 is 32.4 Å². The molecule has 8 nitrogen and oxygen atoms in total. The summed E-state index contributed by atoms with van der Waals surface area (Å²) in [7, 11) is 0. The second kappa shape index (κ2) is 7.73. The van der Waals surface area contributed by atoms with E-state index in [1.54, 1.807) is 6.92 Å². The Labute approximate surface area is 123 Å². The van der Waals surface area contributed by atoms with Crippen LogP contribution in [0.15, 0.2) is 6.20 Å². The number of ether oxygens (including phenoxy) is 2. The topological polar surface area (TPSA) is 96.5 Å². The minimum atomic E-state index is -4.44. The number of alkyl halides is 3. The molecule has 0 atom stereocenters. The summed E-state index contributed by atoms with van der Waals surface area (Å²) in [4.78, 5) is 25.1. The average Bonchev–Trinajstić information content (AvgIpc) is 2.75. The van der Waals surface area contributed by atoms with Gasteiger partial charge in [0, 0.05) is 6.92 Å². The van der Waals surface area contributed by atoms with Gasteiger partial charge in [0.05, 0.1) is 13.0 Å². The molecule has 0 saturated carbocycles. The number of aryl methyl sites for hydroxylation is 1. The molecule has 1 aromatic heterocycles. The van der Waals surface area contributed by atoms with Gasteiger partial charge in [-0.2, -0.15) is 13.2 Å². The summed E-state index contributed by atoms with van der Waals surface area (Å²) >= 11 is 0. The van der Waals surface area contributed by atoms with E-state index in [9.17, 15) is 28.1 Å². The van der Waals surface area contributed by atoms with E-state index in [-0.39, 0.29) is 25.4 Å². The van der Waals surface area contributed by atoms with Gasteiger partial charge in [-0.3, -0.25) is 4.79 Å². The molecular formula is C11H14F3N3O5. The lowest BCUT2D eigenvalue weighted by atomic mass is 10.4.